The van der Waals surface area contributed by atoms with Gasteiger partial charge in [-0.2, -0.15) is 0 Å². The van der Waals surface area contributed by atoms with E-state index in [0.29, 0.717) is 16.6 Å². The summed E-state index contributed by atoms with van der Waals surface area (Å²) in [6.07, 6.45) is 0. The van der Waals surface area contributed by atoms with Crippen LogP contribution in [0.1, 0.15) is 17.4 Å². The van der Waals surface area contributed by atoms with Crippen molar-refractivity contribution >= 4 is 34.2 Å². The van der Waals surface area contributed by atoms with Crippen molar-refractivity contribution in [1.82, 2.24) is 4.98 Å². The Hall–Kier alpha value is -3.88. The number of H-pyrrole nitrogens is 1. The third kappa shape index (κ3) is 4.09. The molecule has 0 fully saturated rings. The number of nitrogens with one attached hydrogen (secondary N) is 2. The fraction of sp³-hybridized carbons (Fsp3) is 0.158. The highest BCUT2D eigenvalue weighted by Crippen LogP contribution is 2.28. The number of carbonyl (C=O) groups is 2. The topological polar surface area (TPSA) is 124 Å². The van der Waals surface area contributed by atoms with Gasteiger partial charge >= 0.3 is 5.97 Å². The molecule has 0 aliphatic carbocycles. The highest BCUT2D eigenvalue weighted by Gasteiger charge is 2.20. The van der Waals surface area contributed by atoms with Crippen LogP contribution in [-0.4, -0.2) is 35.0 Å². The predicted octanol–water partition coefficient (Wildman–Crippen LogP) is 3.27. The number of aromatic nitrogens is 1. The molecule has 2 N–H and O–H groups in total. The molecule has 0 unspecified atom stereocenters. The number of esters is 1. The van der Waals surface area contributed by atoms with E-state index in [9.17, 15) is 19.7 Å². The molecule has 1 amide bonds. The van der Waals surface area contributed by atoms with E-state index in [-0.39, 0.29) is 30.3 Å². The summed E-state index contributed by atoms with van der Waals surface area (Å²) in [6, 6.07) is 12.6. The van der Waals surface area contributed by atoms with Crippen molar-refractivity contribution in [2.24, 2.45) is 0 Å². The zero-order valence-electron chi connectivity index (χ0n) is 14.9. The fourth-order valence-corrected chi connectivity index (χ4v) is 2.64. The highest BCUT2D eigenvalue weighted by molar-refractivity contribution is 6.11. The average Bonchev–Trinajstić information content (AvgIpc) is 3.05. The lowest BCUT2D eigenvalue weighted by Gasteiger charge is -2.09. The number of carbonyl (C=O) groups excluding carboxylic acids is 2. The van der Waals surface area contributed by atoms with Gasteiger partial charge in [-0.3, -0.25) is 14.9 Å². The van der Waals surface area contributed by atoms with Crippen molar-refractivity contribution in [3.63, 3.8) is 0 Å². The van der Waals surface area contributed by atoms with Gasteiger partial charge < -0.3 is 19.8 Å². The number of nitrogens with zero attached hydrogens (tertiary/aromatic N) is 1. The van der Waals surface area contributed by atoms with Crippen LogP contribution in [-0.2, 0) is 9.53 Å². The molecule has 0 radical (unpaired) electrons. The summed E-state index contributed by atoms with van der Waals surface area (Å²) in [4.78, 5) is 37.7. The molecule has 3 rings (SSSR count). The number of nitro groups is 1. The summed E-state index contributed by atoms with van der Waals surface area (Å²) < 4.78 is 10.4. The van der Waals surface area contributed by atoms with Crippen LogP contribution in [0.2, 0.25) is 0 Å². The van der Waals surface area contributed by atoms with Crippen LogP contribution in [0.15, 0.2) is 48.5 Å². The maximum Gasteiger partial charge on any atom is 0.356 e. The first kappa shape index (κ1) is 18.9. The number of benzene rings is 2. The van der Waals surface area contributed by atoms with Crippen molar-refractivity contribution in [1.29, 1.82) is 0 Å². The van der Waals surface area contributed by atoms with Crippen molar-refractivity contribution < 1.29 is 24.0 Å². The second kappa shape index (κ2) is 8.21. The first-order chi connectivity index (χ1) is 13.5. The minimum absolute atomic E-state index is 0.131. The Kier molecular flexibility index (Phi) is 5.54. The molecule has 0 saturated heterocycles. The lowest BCUT2D eigenvalue weighted by atomic mass is 10.2. The summed E-state index contributed by atoms with van der Waals surface area (Å²) in [7, 11) is 0. The average molecular weight is 383 g/mol. The van der Waals surface area contributed by atoms with Crippen LogP contribution >= 0.6 is 0 Å². The number of nitro benzene ring substituents is 1. The van der Waals surface area contributed by atoms with Gasteiger partial charge in [0.25, 0.3) is 11.6 Å². The summed E-state index contributed by atoms with van der Waals surface area (Å²) in [5.41, 5.74) is 0.952. The number of hydrogen-bond acceptors (Lipinski definition) is 6. The molecular formula is C19H17N3O6. The number of non-ortho nitro benzene ring substituents is 1. The molecule has 2 aromatic carbocycles. The van der Waals surface area contributed by atoms with E-state index < -0.39 is 16.8 Å². The quantitative estimate of drug-likeness (QED) is 0.367. The molecule has 0 aliphatic rings. The van der Waals surface area contributed by atoms with Crippen molar-refractivity contribution in [3.8, 4) is 5.75 Å². The number of fused-ring (bicyclic) bond motifs is 1. The third-order valence-corrected chi connectivity index (χ3v) is 3.85. The van der Waals surface area contributed by atoms with E-state index >= 15 is 0 Å². The number of amides is 1. The molecule has 0 aliphatic heterocycles. The van der Waals surface area contributed by atoms with Crippen LogP contribution in [0, 0.1) is 10.1 Å². The predicted molar refractivity (Wildman–Crippen MR) is 101 cm³/mol. The van der Waals surface area contributed by atoms with E-state index in [0.717, 1.165) is 0 Å². The Morgan fingerprint density at radius 2 is 1.96 bits per heavy atom. The van der Waals surface area contributed by atoms with Crippen LogP contribution < -0.4 is 10.1 Å². The van der Waals surface area contributed by atoms with Crippen LogP contribution in [0.3, 0.4) is 0 Å². The SMILES string of the molecule is CCOC(=O)c1[nH]c2ccccc2c1NC(=O)COc1cccc([N+](=O)[O-])c1. The van der Waals surface area contributed by atoms with Crippen molar-refractivity contribution in [3.05, 3.63) is 64.3 Å². The van der Waals surface area contributed by atoms with E-state index in [1.807, 2.05) is 0 Å². The Balaban J connectivity index is 1.77. The summed E-state index contributed by atoms with van der Waals surface area (Å²) in [5, 5.41) is 14.1. The molecule has 0 saturated carbocycles. The van der Waals surface area contributed by atoms with Crippen LogP contribution in [0.4, 0.5) is 11.4 Å². The van der Waals surface area contributed by atoms with Gasteiger partial charge in [0.05, 0.1) is 23.3 Å². The molecule has 3 aromatic rings. The minimum atomic E-state index is -0.589. The van der Waals surface area contributed by atoms with Crippen molar-refractivity contribution in [2.75, 3.05) is 18.5 Å². The molecule has 9 heteroatoms. The van der Waals surface area contributed by atoms with Gasteiger partial charge in [0.2, 0.25) is 0 Å². The van der Waals surface area contributed by atoms with E-state index in [2.05, 4.69) is 10.3 Å². The number of hydrogen-bond donors (Lipinski definition) is 2. The highest BCUT2D eigenvalue weighted by atomic mass is 16.6. The van der Waals surface area contributed by atoms with Gasteiger partial charge in [-0.1, -0.05) is 24.3 Å². The molecular weight excluding hydrogens is 366 g/mol. The Morgan fingerprint density at radius 3 is 2.71 bits per heavy atom. The van der Waals surface area contributed by atoms with Gasteiger partial charge in [-0.05, 0) is 19.1 Å². The zero-order chi connectivity index (χ0) is 20.1. The number of aromatic amines is 1. The lowest BCUT2D eigenvalue weighted by molar-refractivity contribution is -0.384. The molecule has 144 valence electrons. The molecule has 0 bridgehead atoms. The molecule has 9 nitrogen and oxygen atoms in total. The Labute approximate surface area is 159 Å². The first-order valence-electron chi connectivity index (χ1n) is 8.44. The molecule has 0 spiro atoms. The van der Waals surface area contributed by atoms with Gasteiger partial charge in [0, 0.05) is 17.0 Å². The van der Waals surface area contributed by atoms with Gasteiger partial charge in [0.1, 0.15) is 11.4 Å². The van der Waals surface area contributed by atoms with Crippen molar-refractivity contribution in [2.45, 2.75) is 6.92 Å². The zero-order valence-corrected chi connectivity index (χ0v) is 14.9. The Bertz CT molecular complexity index is 1040. The van der Waals surface area contributed by atoms with E-state index in [1.54, 1.807) is 31.2 Å². The van der Waals surface area contributed by atoms with Gasteiger partial charge in [-0.25, -0.2) is 4.79 Å². The normalized spacial score (nSPS) is 10.5. The first-order valence-corrected chi connectivity index (χ1v) is 8.44. The number of anilines is 1. The number of para-hydroxylation sites is 1. The minimum Gasteiger partial charge on any atom is -0.484 e. The standard InChI is InChI=1S/C19H17N3O6/c1-2-27-19(24)18-17(14-8-3-4-9-15(14)20-18)21-16(23)11-28-13-7-5-6-12(10-13)22(25)26/h3-10,20H,2,11H2,1H3,(H,21,23). The lowest BCUT2D eigenvalue weighted by Crippen LogP contribution is -2.21. The smallest absolute Gasteiger partial charge is 0.356 e. The summed E-state index contributed by atoms with van der Waals surface area (Å²) in [6.45, 7) is 1.49. The third-order valence-electron chi connectivity index (χ3n) is 3.85. The molecule has 1 aromatic heterocycles. The van der Waals surface area contributed by atoms with Crippen LogP contribution in [0.5, 0.6) is 5.75 Å². The van der Waals surface area contributed by atoms with Crippen LogP contribution in [0.25, 0.3) is 10.9 Å². The summed E-state index contributed by atoms with van der Waals surface area (Å²) in [5.74, 6) is -0.927. The Morgan fingerprint density at radius 1 is 1.18 bits per heavy atom. The molecule has 28 heavy (non-hydrogen) atoms. The molecule has 1 heterocycles. The monoisotopic (exact) mass is 383 g/mol. The largest absolute Gasteiger partial charge is 0.484 e. The van der Waals surface area contributed by atoms with Gasteiger partial charge in [0.15, 0.2) is 6.61 Å². The maximum atomic E-state index is 12.3. The van der Waals surface area contributed by atoms with E-state index in [4.69, 9.17) is 9.47 Å². The molecule has 0 atom stereocenters. The fourth-order valence-electron chi connectivity index (χ4n) is 2.64. The summed E-state index contributed by atoms with van der Waals surface area (Å²) >= 11 is 0. The van der Waals surface area contributed by atoms with E-state index in [1.165, 1.54) is 24.3 Å². The number of ether oxygens (including phenoxy) is 2. The second-order valence-electron chi connectivity index (χ2n) is 5.73. The number of rotatable bonds is 7. The second-order valence-corrected chi connectivity index (χ2v) is 5.73. The maximum absolute atomic E-state index is 12.3. The van der Waals surface area contributed by atoms with Gasteiger partial charge in [-0.15, -0.1) is 0 Å².